The molecule has 0 aliphatic carbocycles. The minimum absolute atomic E-state index is 0.0243. The highest BCUT2D eigenvalue weighted by Crippen LogP contribution is 2.22. The molecule has 0 saturated heterocycles. The van der Waals surface area contributed by atoms with Gasteiger partial charge in [0, 0.05) is 6.04 Å². The summed E-state index contributed by atoms with van der Waals surface area (Å²) in [7, 11) is 1.85. The van der Waals surface area contributed by atoms with Gasteiger partial charge in [0.25, 0.3) is 0 Å². The van der Waals surface area contributed by atoms with E-state index in [0.29, 0.717) is 6.42 Å². The molecule has 0 aliphatic rings. The zero-order chi connectivity index (χ0) is 13.8. The van der Waals surface area contributed by atoms with Crippen LogP contribution in [-0.4, -0.2) is 12.2 Å². The summed E-state index contributed by atoms with van der Waals surface area (Å²) in [5, 5.41) is 12.7. The maximum absolute atomic E-state index is 13.5. The number of aryl methyl sites for hydroxylation is 1. The molecule has 19 heavy (non-hydrogen) atoms. The summed E-state index contributed by atoms with van der Waals surface area (Å²) in [6.07, 6.45) is 0.702. The van der Waals surface area contributed by atoms with Crippen LogP contribution < -0.4 is 5.32 Å². The molecule has 0 bridgehead atoms. The first-order chi connectivity index (χ1) is 9.08. The van der Waals surface area contributed by atoms with Gasteiger partial charge >= 0.3 is 0 Å². The van der Waals surface area contributed by atoms with Gasteiger partial charge in [0.1, 0.15) is 11.6 Å². The van der Waals surface area contributed by atoms with Crippen LogP contribution in [0.25, 0.3) is 0 Å². The number of likely N-dealkylation sites (N-methyl/N-ethyl adjacent to an activating group) is 1. The van der Waals surface area contributed by atoms with Crippen LogP contribution in [0.2, 0.25) is 0 Å². The van der Waals surface area contributed by atoms with Crippen LogP contribution in [0.3, 0.4) is 0 Å². The molecule has 0 spiro atoms. The number of aromatic hydroxyl groups is 1. The van der Waals surface area contributed by atoms with Gasteiger partial charge in [0.15, 0.2) is 0 Å². The van der Waals surface area contributed by atoms with E-state index in [2.05, 4.69) is 5.32 Å². The lowest BCUT2D eigenvalue weighted by molar-refractivity contribution is 0.473. The largest absolute Gasteiger partial charge is 0.508 e. The second kappa shape index (κ2) is 5.85. The van der Waals surface area contributed by atoms with Crippen molar-refractivity contribution in [1.82, 2.24) is 5.32 Å². The molecule has 2 nitrogen and oxygen atoms in total. The average Bonchev–Trinajstić information content (AvgIpc) is 2.34. The lowest BCUT2D eigenvalue weighted by Crippen LogP contribution is -2.19. The van der Waals surface area contributed by atoms with Crippen molar-refractivity contribution in [3.63, 3.8) is 0 Å². The summed E-state index contributed by atoms with van der Waals surface area (Å²) >= 11 is 0. The molecule has 2 rings (SSSR count). The lowest BCUT2D eigenvalue weighted by atomic mass is 9.97. The molecular formula is C16H18FNO. The van der Waals surface area contributed by atoms with Crippen LogP contribution in [0, 0.1) is 12.7 Å². The van der Waals surface area contributed by atoms with Crippen molar-refractivity contribution in [2.24, 2.45) is 0 Å². The third kappa shape index (κ3) is 3.55. The molecule has 2 N–H and O–H groups in total. The van der Waals surface area contributed by atoms with E-state index in [1.807, 2.05) is 32.2 Å². The van der Waals surface area contributed by atoms with Crippen LogP contribution in [0.4, 0.5) is 4.39 Å². The average molecular weight is 259 g/mol. The first kappa shape index (κ1) is 13.6. The van der Waals surface area contributed by atoms with E-state index in [0.717, 1.165) is 16.7 Å². The highest BCUT2D eigenvalue weighted by atomic mass is 19.1. The number of benzene rings is 2. The predicted molar refractivity (Wildman–Crippen MR) is 74.7 cm³/mol. The van der Waals surface area contributed by atoms with Gasteiger partial charge in [-0.2, -0.15) is 0 Å². The Kier molecular flexibility index (Phi) is 4.17. The maximum atomic E-state index is 13.5. The van der Waals surface area contributed by atoms with E-state index in [-0.39, 0.29) is 17.6 Å². The molecule has 2 aromatic carbocycles. The second-order valence-corrected chi connectivity index (χ2v) is 4.78. The van der Waals surface area contributed by atoms with Gasteiger partial charge < -0.3 is 10.4 Å². The van der Waals surface area contributed by atoms with Crippen LogP contribution >= 0.6 is 0 Å². The summed E-state index contributed by atoms with van der Waals surface area (Å²) in [5.41, 5.74) is 2.84. The van der Waals surface area contributed by atoms with Crippen molar-refractivity contribution in [2.75, 3.05) is 7.05 Å². The molecule has 2 aromatic rings. The summed E-state index contributed by atoms with van der Waals surface area (Å²) in [6.45, 7) is 1.88. The zero-order valence-electron chi connectivity index (χ0n) is 11.2. The topological polar surface area (TPSA) is 32.3 Å². The van der Waals surface area contributed by atoms with Gasteiger partial charge in [-0.25, -0.2) is 4.39 Å². The Morgan fingerprint density at radius 2 is 2.00 bits per heavy atom. The smallest absolute Gasteiger partial charge is 0.123 e. The van der Waals surface area contributed by atoms with Crippen molar-refractivity contribution in [1.29, 1.82) is 0 Å². The first-order valence-electron chi connectivity index (χ1n) is 6.31. The van der Waals surface area contributed by atoms with Crippen molar-refractivity contribution in [2.45, 2.75) is 19.4 Å². The molecule has 1 unspecified atom stereocenters. The lowest BCUT2D eigenvalue weighted by Gasteiger charge is -2.17. The van der Waals surface area contributed by atoms with Crippen molar-refractivity contribution < 1.29 is 9.50 Å². The summed E-state index contributed by atoms with van der Waals surface area (Å²) < 4.78 is 13.5. The van der Waals surface area contributed by atoms with Gasteiger partial charge in [0.2, 0.25) is 0 Å². The van der Waals surface area contributed by atoms with E-state index < -0.39 is 0 Å². The monoisotopic (exact) mass is 259 g/mol. The highest BCUT2D eigenvalue weighted by Gasteiger charge is 2.12. The van der Waals surface area contributed by atoms with Gasteiger partial charge in [-0.3, -0.25) is 0 Å². The Balaban J connectivity index is 2.24. The first-order valence-corrected chi connectivity index (χ1v) is 6.31. The van der Waals surface area contributed by atoms with Gasteiger partial charge in [0.05, 0.1) is 0 Å². The van der Waals surface area contributed by atoms with Gasteiger partial charge in [-0.05, 0) is 61.3 Å². The number of nitrogens with one attached hydrogen (secondary N) is 1. The molecule has 100 valence electrons. The Morgan fingerprint density at radius 1 is 1.21 bits per heavy atom. The second-order valence-electron chi connectivity index (χ2n) is 4.78. The maximum Gasteiger partial charge on any atom is 0.123 e. The number of hydrogen-bond acceptors (Lipinski definition) is 2. The Bertz CT molecular complexity index is 548. The molecular weight excluding hydrogens is 241 g/mol. The van der Waals surface area contributed by atoms with Crippen LogP contribution in [0.5, 0.6) is 5.75 Å². The minimum atomic E-state index is -0.217. The summed E-state index contributed by atoms with van der Waals surface area (Å²) in [4.78, 5) is 0. The van der Waals surface area contributed by atoms with E-state index >= 15 is 0 Å². The number of phenolic OH excluding ortho intramolecular Hbond substituents is 1. The molecule has 0 amide bonds. The van der Waals surface area contributed by atoms with Crippen molar-refractivity contribution in [3.8, 4) is 5.75 Å². The van der Waals surface area contributed by atoms with Crippen molar-refractivity contribution >= 4 is 0 Å². The molecule has 3 heteroatoms. The summed E-state index contributed by atoms with van der Waals surface area (Å²) in [5.74, 6) is 0.0361. The standard InChI is InChI=1S/C16H18FNO/c1-11-6-13(10-14(17)7-11)16(18-2)9-12-4-3-5-15(19)8-12/h3-8,10,16,18-19H,9H2,1-2H3. The fourth-order valence-electron chi connectivity index (χ4n) is 2.27. The molecule has 0 heterocycles. The fourth-order valence-corrected chi connectivity index (χ4v) is 2.27. The molecule has 0 radical (unpaired) electrons. The SMILES string of the molecule is CNC(Cc1cccc(O)c1)c1cc(C)cc(F)c1. The molecule has 0 saturated carbocycles. The number of halogens is 1. The third-order valence-corrected chi connectivity index (χ3v) is 3.17. The molecule has 0 aliphatic heterocycles. The quantitative estimate of drug-likeness (QED) is 0.882. The predicted octanol–water partition coefficient (Wildman–Crippen LogP) is 3.34. The molecule has 1 atom stereocenters. The highest BCUT2D eigenvalue weighted by molar-refractivity contribution is 5.31. The minimum Gasteiger partial charge on any atom is -0.508 e. The normalized spacial score (nSPS) is 12.4. The van der Waals surface area contributed by atoms with E-state index in [1.54, 1.807) is 18.2 Å². The molecule has 0 fully saturated rings. The molecule has 0 aromatic heterocycles. The fraction of sp³-hybridized carbons (Fsp3) is 0.250. The Labute approximate surface area is 112 Å². The number of rotatable bonds is 4. The van der Waals surface area contributed by atoms with E-state index in [9.17, 15) is 9.50 Å². The van der Waals surface area contributed by atoms with Crippen molar-refractivity contribution in [3.05, 3.63) is 65.0 Å². The van der Waals surface area contributed by atoms with Gasteiger partial charge in [-0.15, -0.1) is 0 Å². The number of phenols is 1. The van der Waals surface area contributed by atoms with Gasteiger partial charge in [-0.1, -0.05) is 18.2 Å². The summed E-state index contributed by atoms with van der Waals surface area (Å²) in [6, 6.07) is 12.2. The van der Waals surface area contributed by atoms with E-state index in [1.165, 1.54) is 6.07 Å². The van der Waals surface area contributed by atoms with E-state index in [4.69, 9.17) is 0 Å². The Hall–Kier alpha value is -1.87. The number of hydrogen-bond donors (Lipinski definition) is 2. The Morgan fingerprint density at radius 3 is 2.63 bits per heavy atom. The van der Waals surface area contributed by atoms with Crippen LogP contribution in [-0.2, 0) is 6.42 Å². The third-order valence-electron chi connectivity index (χ3n) is 3.17. The van der Waals surface area contributed by atoms with Crippen LogP contribution in [0.15, 0.2) is 42.5 Å². The van der Waals surface area contributed by atoms with Crippen LogP contribution in [0.1, 0.15) is 22.7 Å². The zero-order valence-corrected chi connectivity index (χ0v) is 11.2.